The van der Waals surface area contributed by atoms with Gasteiger partial charge >= 0.3 is 0 Å². The van der Waals surface area contributed by atoms with Crippen LogP contribution in [0.4, 0.5) is 0 Å². The monoisotopic (exact) mass is 274 g/mol. The van der Waals surface area contributed by atoms with Gasteiger partial charge in [0.25, 0.3) is 5.91 Å². The molecule has 1 aromatic rings. The quantitative estimate of drug-likeness (QED) is 0.819. The van der Waals surface area contributed by atoms with Gasteiger partial charge in [-0.2, -0.15) is 5.26 Å². The molecule has 0 unspecified atom stereocenters. The van der Waals surface area contributed by atoms with Crippen LogP contribution in [0.5, 0.6) is 5.75 Å². The summed E-state index contributed by atoms with van der Waals surface area (Å²) in [6.45, 7) is 6.98. The highest BCUT2D eigenvalue weighted by Crippen LogP contribution is 2.11. The highest BCUT2D eigenvalue weighted by molar-refractivity contribution is 5.77. The van der Waals surface area contributed by atoms with Crippen molar-refractivity contribution in [2.45, 2.75) is 6.92 Å². The van der Waals surface area contributed by atoms with Crippen LogP contribution in [-0.4, -0.2) is 50.1 Å². The molecule has 106 valence electrons. The topological polar surface area (TPSA) is 57.8 Å². The van der Waals surface area contributed by atoms with Gasteiger partial charge < -0.3 is 14.5 Å². The van der Waals surface area contributed by atoms with Crippen molar-refractivity contribution in [1.82, 2.24) is 4.90 Å². The molecular weight excluding hydrogens is 254 g/mol. The van der Waals surface area contributed by atoms with Crippen LogP contribution >= 0.6 is 0 Å². The maximum absolute atomic E-state index is 12.0. The third-order valence-corrected chi connectivity index (χ3v) is 3.67. The molecule has 2 rings (SSSR count). The Labute approximate surface area is 119 Å². The maximum atomic E-state index is 12.0. The zero-order valence-corrected chi connectivity index (χ0v) is 11.8. The Kier molecular flexibility index (Phi) is 4.97. The van der Waals surface area contributed by atoms with Gasteiger partial charge in [0, 0.05) is 0 Å². The fourth-order valence-corrected chi connectivity index (χ4v) is 2.29. The van der Waals surface area contributed by atoms with E-state index in [1.54, 1.807) is 29.2 Å². The molecule has 1 heterocycles. The van der Waals surface area contributed by atoms with Crippen LogP contribution in [0.3, 0.4) is 0 Å². The first-order valence-electron chi connectivity index (χ1n) is 6.97. The summed E-state index contributed by atoms with van der Waals surface area (Å²) in [5.41, 5.74) is 0.585. The molecule has 1 aromatic carbocycles. The minimum atomic E-state index is 0.0320. The molecule has 1 N–H and O–H groups in total. The average molecular weight is 274 g/mol. The summed E-state index contributed by atoms with van der Waals surface area (Å²) in [7, 11) is 0. The first-order valence-corrected chi connectivity index (χ1v) is 6.97. The molecule has 1 aliphatic rings. The van der Waals surface area contributed by atoms with Gasteiger partial charge in [0.1, 0.15) is 5.75 Å². The molecule has 5 heteroatoms. The lowest BCUT2D eigenvalue weighted by molar-refractivity contribution is -0.902. The number of carbonyl (C=O) groups is 1. The zero-order chi connectivity index (χ0) is 14.4. The molecule has 0 radical (unpaired) electrons. The number of nitrogens with zero attached hydrogens (tertiary/aromatic N) is 2. The van der Waals surface area contributed by atoms with E-state index in [0.717, 1.165) is 32.7 Å². The van der Waals surface area contributed by atoms with E-state index in [0.29, 0.717) is 11.3 Å². The SMILES string of the molecule is CC[NH+]1CCN(C(=O)COc2ccc(C#N)cc2)CC1. The first-order chi connectivity index (χ1) is 9.72. The lowest BCUT2D eigenvalue weighted by Gasteiger charge is -2.31. The summed E-state index contributed by atoms with van der Waals surface area (Å²) in [4.78, 5) is 15.4. The first kappa shape index (κ1) is 14.4. The predicted molar refractivity (Wildman–Crippen MR) is 74.5 cm³/mol. The van der Waals surface area contributed by atoms with E-state index in [4.69, 9.17) is 10.00 Å². The smallest absolute Gasteiger partial charge is 0.260 e. The Morgan fingerprint density at radius 1 is 1.35 bits per heavy atom. The van der Waals surface area contributed by atoms with Gasteiger partial charge in [-0.3, -0.25) is 4.79 Å². The normalized spacial score (nSPS) is 15.7. The summed E-state index contributed by atoms with van der Waals surface area (Å²) in [6.07, 6.45) is 0. The number of quaternary nitrogens is 1. The molecule has 1 aliphatic heterocycles. The van der Waals surface area contributed by atoms with Crippen LogP contribution in [0, 0.1) is 11.3 Å². The van der Waals surface area contributed by atoms with Gasteiger partial charge in [-0.15, -0.1) is 0 Å². The molecule has 0 bridgehead atoms. The van der Waals surface area contributed by atoms with Crippen molar-refractivity contribution in [3.63, 3.8) is 0 Å². The van der Waals surface area contributed by atoms with Crippen LogP contribution in [0.2, 0.25) is 0 Å². The van der Waals surface area contributed by atoms with E-state index < -0.39 is 0 Å². The molecule has 0 saturated carbocycles. The molecule has 0 aromatic heterocycles. The Balaban J connectivity index is 1.79. The minimum Gasteiger partial charge on any atom is -0.484 e. The molecule has 1 amide bonds. The Morgan fingerprint density at radius 2 is 2.00 bits per heavy atom. The van der Waals surface area contributed by atoms with Gasteiger partial charge in [0.05, 0.1) is 44.4 Å². The second kappa shape index (κ2) is 6.92. The van der Waals surface area contributed by atoms with Gasteiger partial charge in [-0.1, -0.05) is 0 Å². The molecule has 0 atom stereocenters. The second-order valence-electron chi connectivity index (χ2n) is 4.91. The van der Waals surface area contributed by atoms with Crippen LogP contribution in [0.15, 0.2) is 24.3 Å². The van der Waals surface area contributed by atoms with E-state index in [-0.39, 0.29) is 12.5 Å². The lowest BCUT2D eigenvalue weighted by Crippen LogP contribution is -3.14. The standard InChI is InChI=1S/C15H19N3O2/c1-2-17-7-9-18(10-8-17)15(19)12-20-14-5-3-13(11-16)4-6-14/h3-6H,2,7-10,12H2,1H3/p+1. The molecule has 1 saturated heterocycles. The number of benzene rings is 1. The summed E-state index contributed by atoms with van der Waals surface area (Å²) in [6, 6.07) is 8.84. The number of amides is 1. The van der Waals surface area contributed by atoms with Crippen molar-refractivity contribution < 1.29 is 14.4 Å². The van der Waals surface area contributed by atoms with Crippen molar-refractivity contribution in [2.24, 2.45) is 0 Å². The maximum Gasteiger partial charge on any atom is 0.260 e. The zero-order valence-electron chi connectivity index (χ0n) is 11.8. The van der Waals surface area contributed by atoms with Crippen molar-refractivity contribution >= 4 is 5.91 Å². The van der Waals surface area contributed by atoms with Crippen LogP contribution in [0.1, 0.15) is 12.5 Å². The summed E-state index contributed by atoms with van der Waals surface area (Å²) >= 11 is 0. The van der Waals surface area contributed by atoms with Crippen LogP contribution in [-0.2, 0) is 4.79 Å². The van der Waals surface area contributed by atoms with Gasteiger partial charge in [-0.25, -0.2) is 0 Å². The van der Waals surface area contributed by atoms with E-state index in [9.17, 15) is 4.79 Å². The molecule has 1 fully saturated rings. The fourth-order valence-electron chi connectivity index (χ4n) is 2.29. The Morgan fingerprint density at radius 3 is 2.55 bits per heavy atom. The summed E-state index contributed by atoms with van der Waals surface area (Å²) in [5, 5.41) is 8.70. The van der Waals surface area contributed by atoms with E-state index >= 15 is 0 Å². The highest BCUT2D eigenvalue weighted by atomic mass is 16.5. The Hall–Kier alpha value is -2.06. The number of nitrogens with one attached hydrogen (secondary N) is 1. The number of hydrogen-bond donors (Lipinski definition) is 1. The highest BCUT2D eigenvalue weighted by Gasteiger charge is 2.22. The number of piperazine rings is 1. The van der Waals surface area contributed by atoms with Crippen molar-refractivity contribution in [2.75, 3.05) is 39.3 Å². The van der Waals surface area contributed by atoms with Crippen LogP contribution < -0.4 is 9.64 Å². The molecule has 0 spiro atoms. The van der Waals surface area contributed by atoms with E-state index in [1.807, 2.05) is 11.0 Å². The number of rotatable bonds is 4. The predicted octanol–water partition coefficient (Wildman–Crippen LogP) is -0.316. The fraction of sp³-hybridized carbons (Fsp3) is 0.467. The minimum absolute atomic E-state index is 0.0320. The van der Waals surface area contributed by atoms with Gasteiger partial charge in [0.2, 0.25) is 0 Å². The molecular formula is C15H20N3O2+. The van der Waals surface area contributed by atoms with Gasteiger partial charge in [-0.05, 0) is 31.2 Å². The van der Waals surface area contributed by atoms with Crippen LogP contribution in [0.25, 0.3) is 0 Å². The van der Waals surface area contributed by atoms with E-state index in [2.05, 4.69) is 6.92 Å². The molecule has 5 nitrogen and oxygen atoms in total. The Bertz CT molecular complexity index is 485. The summed E-state index contributed by atoms with van der Waals surface area (Å²) in [5.74, 6) is 0.652. The average Bonchev–Trinajstić information content (AvgIpc) is 2.53. The number of hydrogen-bond acceptors (Lipinski definition) is 3. The molecule has 20 heavy (non-hydrogen) atoms. The number of carbonyl (C=O) groups excluding carboxylic acids is 1. The van der Waals surface area contributed by atoms with Crippen molar-refractivity contribution in [3.05, 3.63) is 29.8 Å². The van der Waals surface area contributed by atoms with Crippen molar-refractivity contribution in [3.8, 4) is 11.8 Å². The largest absolute Gasteiger partial charge is 0.484 e. The lowest BCUT2D eigenvalue weighted by atomic mass is 10.2. The van der Waals surface area contributed by atoms with E-state index in [1.165, 1.54) is 0 Å². The summed E-state index contributed by atoms with van der Waals surface area (Å²) < 4.78 is 5.47. The third-order valence-electron chi connectivity index (χ3n) is 3.67. The van der Waals surface area contributed by atoms with Crippen molar-refractivity contribution in [1.29, 1.82) is 5.26 Å². The third kappa shape index (κ3) is 3.72. The van der Waals surface area contributed by atoms with Gasteiger partial charge in [0.15, 0.2) is 6.61 Å². The molecule has 0 aliphatic carbocycles. The second-order valence-corrected chi connectivity index (χ2v) is 4.91. The number of nitriles is 1. The number of ether oxygens (including phenoxy) is 1. The number of likely N-dealkylation sites (N-methyl/N-ethyl adjacent to an activating group) is 1.